The Labute approximate surface area is 174 Å². The summed E-state index contributed by atoms with van der Waals surface area (Å²) in [6.07, 6.45) is 0.822. The van der Waals surface area contributed by atoms with Crippen molar-refractivity contribution in [3.8, 4) is 11.4 Å². The van der Waals surface area contributed by atoms with Gasteiger partial charge in [0.15, 0.2) is 10.6 Å². The van der Waals surface area contributed by atoms with Crippen molar-refractivity contribution < 1.29 is 8.42 Å². The number of benzene rings is 3. The van der Waals surface area contributed by atoms with E-state index in [0.717, 1.165) is 12.0 Å². The van der Waals surface area contributed by atoms with Crippen LogP contribution in [0.15, 0.2) is 94.7 Å². The maximum absolute atomic E-state index is 12.8. The van der Waals surface area contributed by atoms with E-state index >= 15 is 0 Å². The first kappa shape index (κ1) is 19.3. The largest absolute Gasteiger partial charge is 0.300 e. The molecule has 0 atom stereocenters. The van der Waals surface area contributed by atoms with Gasteiger partial charge in [-0.3, -0.25) is 9.67 Å². The lowest BCUT2D eigenvalue weighted by molar-refractivity contribution is 0.596. The number of sulfone groups is 1. The molecule has 5 nitrogen and oxygen atoms in total. The summed E-state index contributed by atoms with van der Waals surface area (Å²) < 4.78 is 28.0. The van der Waals surface area contributed by atoms with Gasteiger partial charge in [0.05, 0.1) is 9.79 Å². The summed E-state index contributed by atoms with van der Waals surface area (Å²) in [7, 11) is -3.54. The highest BCUT2D eigenvalue weighted by Gasteiger charge is 2.18. The van der Waals surface area contributed by atoms with Gasteiger partial charge in [-0.15, -0.1) is 0 Å². The Hall–Kier alpha value is -3.03. The van der Waals surface area contributed by atoms with Gasteiger partial charge in [0.25, 0.3) is 0 Å². The highest BCUT2D eigenvalue weighted by Crippen LogP contribution is 2.24. The first-order valence-electron chi connectivity index (χ1n) is 9.15. The summed E-state index contributed by atoms with van der Waals surface area (Å²) in [5.41, 5.74) is 2.02. The lowest BCUT2D eigenvalue weighted by Crippen LogP contribution is -2.05. The number of nitrogens with one attached hydrogen (secondary N) is 1. The van der Waals surface area contributed by atoms with Crippen molar-refractivity contribution in [3.63, 3.8) is 0 Å². The number of aromatic nitrogens is 3. The molecule has 0 spiro atoms. The van der Waals surface area contributed by atoms with E-state index in [4.69, 9.17) is 12.2 Å². The molecule has 4 rings (SSSR count). The molecule has 0 aliphatic heterocycles. The van der Waals surface area contributed by atoms with Crippen LogP contribution >= 0.6 is 12.2 Å². The standard InChI is InChI=1S/C22H19N3O2S2/c26-29(27,19-9-5-2-6-10-19)20-13-11-18(12-14-20)21-23-24-22(28)25(21)16-15-17-7-3-1-4-8-17/h1-14H,15-16H2,(H,24,28). The van der Waals surface area contributed by atoms with Crippen molar-refractivity contribution in [1.82, 2.24) is 14.8 Å². The zero-order valence-electron chi connectivity index (χ0n) is 15.5. The lowest BCUT2D eigenvalue weighted by Gasteiger charge is -2.09. The maximum atomic E-state index is 12.8. The predicted molar refractivity (Wildman–Crippen MR) is 115 cm³/mol. The van der Waals surface area contributed by atoms with Crippen LogP contribution in [0.4, 0.5) is 0 Å². The smallest absolute Gasteiger partial charge is 0.206 e. The SMILES string of the molecule is O=S(=O)(c1ccccc1)c1ccc(-c2n[nH]c(=S)n2CCc2ccccc2)cc1. The van der Waals surface area contributed by atoms with Crippen LogP contribution in [0.1, 0.15) is 5.56 Å². The minimum absolute atomic E-state index is 0.248. The molecule has 0 radical (unpaired) electrons. The van der Waals surface area contributed by atoms with Gasteiger partial charge in [0, 0.05) is 12.1 Å². The first-order chi connectivity index (χ1) is 14.1. The number of H-pyrrole nitrogens is 1. The third-order valence-electron chi connectivity index (χ3n) is 4.70. The van der Waals surface area contributed by atoms with E-state index in [1.807, 2.05) is 22.8 Å². The van der Waals surface area contributed by atoms with Gasteiger partial charge in [-0.1, -0.05) is 48.5 Å². The van der Waals surface area contributed by atoms with Gasteiger partial charge in [-0.2, -0.15) is 5.10 Å². The molecule has 0 aliphatic carbocycles. The molecule has 7 heteroatoms. The van der Waals surface area contributed by atoms with Crippen LogP contribution in [0.5, 0.6) is 0 Å². The first-order valence-corrected chi connectivity index (χ1v) is 11.0. The molecule has 1 N–H and O–H groups in total. The minimum Gasteiger partial charge on any atom is -0.300 e. The summed E-state index contributed by atoms with van der Waals surface area (Å²) in [6.45, 7) is 0.679. The van der Waals surface area contributed by atoms with Crippen LogP contribution in [-0.4, -0.2) is 23.2 Å². The zero-order valence-corrected chi connectivity index (χ0v) is 17.2. The number of nitrogens with zero attached hydrogens (tertiary/aromatic N) is 2. The third-order valence-corrected chi connectivity index (χ3v) is 6.80. The van der Waals surface area contributed by atoms with Gasteiger partial charge in [0.2, 0.25) is 9.84 Å². The zero-order chi connectivity index (χ0) is 20.3. The second-order valence-electron chi connectivity index (χ2n) is 6.58. The Morgan fingerprint density at radius 3 is 2.07 bits per heavy atom. The summed E-state index contributed by atoms with van der Waals surface area (Å²) in [5.74, 6) is 0.689. The maximum Gasteiger partial charge on any atom is 0.206 e. The Kier molecular flexibility index (Phi) is 5.42. The summed E-state index contributed by atoms with van der Waals surface area (Å²) >= 11 is 5.39. The molecular formula is C22H19N3O2S2. The summed E-state index contributed by atoms with van der Waals surface area (Å²) in [4.78, 5) is 0.524. The van der Waals surface area contributed by atoms with Gasteiger partial charge >= 0.3 is 0 Å². The molecule has 0 amide bonds. The van der Waals surface area contributed by atoms with Crippen molar-refractivity contribution in [1.29, 1.82) is 0 Å². The minimum atomic E-state index is -3.54. The van der Waals surface area contributed by atoms with E-state index in [1.165, 1.54) is 5.56 Å². The molecule has 0 bridgehead atoms. The van der Waals surface area contributed by atoms with Gasteiger partial charge in [0.1, 0.15) is 0 Å². The molecule has 1 heterocycles. The number of hydrogen-bond acceptors (Lipinski definition) is 4. The Bertz CT molecular complexity index is 1260. The second-order valence-corrected chi connectivity index (χ2v) is 8.92. The van der Waals surface area contributed by atoms with Gasteiger partial charge in [-0.05, 0) is 60.6 Å². The Morgan fingerprint density at radius 2 is 1.41 bits per heavy atom. The predicted octanol–water partition coefficient (Wildman–Crippen LogP) is 4.68. The third kappa shape index (κ3) is 4.06. The number of aryl methyl sites for hydroxylation is 1. The van der Waals surface area contributed by atoms with Crippen molar-refractivity contribution in [3.05, 3.63) is 95.3 Å². The molecule has 146 valence electrons. The van der Waals surface area contributed by atoms with Crippen LogP contribution < -0.4 is 0 Å². The van der Waals surface area contributed by atoms with Crippen LogP contribution in [0.3, 0.4) is 0 Å². The van der Waals surface area contributed by atoms with Gasteiger partial charge < -0.3 is 0 Å². The van der Waals surface area contributed by atoms with Crippen LogP contribution in [0.25, 0.3) is 11.4 Å². The van der Waals surface area contributed by atoms with E-state index < -0.39 is 9.84 Å². The van der Waals surface area contributed by atoms with Crippen molar-refractivity contribution in [2.45, 2.75) is 22.8 Å². The second kappa shape index (κ2) is 8.14. The van der Waals surface area contributed by atoms with Crippen LogP contribution in [0, 0.1) is 4.77 Å². The Balaban J connectivity index is 1.61. The van der Waals surface area contributed by atoms with Crippen LogP contribution in [-0.2, 0) is 22.8 Å². The fraction of sp³-hybridized carbons (Fsp3) is 0.0909. The normalized spacial score (nSPS) is 11.4. The fourth-order valence-corrected chi connectivity index (χ4v) is 4.66. The van der Waals surface area contributed by atoms with Gasteiger partial charge in [-0.25, -0.2) is 8.42 Å². The quantitative estimate of drug-likeness (QED) is 0.459. The molecular weight excluding hydrogens is 402 g/mol. The highest BCUT2D eigenvalue weighted by atomic mass is 32.2. The molecule has 0 saturated heterocycles. The van der Waals surface area contributed by atoms with Crippen molar-refractivity contribution in [2.75, 3.05) is 0 Å². The van der Waals surface area contributed by atoms with E-state index in [0.29, 0.717) is 17.1 Å². The molecule has 0 aliphatic rings. The topological polar surface area (TPSA) is 67.8 Å². The molecule has 3 aromatic carbocycles. The molecule has 0 saturated carbocycles. The molecule has 29 heavy (non-hydrogen) atoms. The van der Waals surface area contributed by atoms with E-state index in [9.17, 15) is 8.42 Å². The summed E-state index contributed by atoms with van der Waals surface area (Å²) in [5, 5.41) is 7.18. The molecule has 0 fully saturated rings. The Morgan fingerprint density at radius 1 is 0.828 bits per heavy atom. The van der Waals surface area contributed by atoms with E-state index in [2.05, 4.69) is 22.3 Å². The highest BCUT2D eigenvalue weighted by molar-refractivity contribution is 7.91. The summed E-state index contributed by atoms with van der Waals surface area (Å²) in [6, 6.07) is 25.3. The van der Waals surface area contributed by atoms with Crippen molar-refractivity contribution >= 4 is 22.1 Å². The van der Waals surface area contributed by atoms with E-state index in [1.54, 1.807) is 54.6 Å². The molecule has 1 aromatic heterocycles. The average Bonchev–Trinajstić information content (AvgIpc) is 3.14. The molecule has 4 aromatic rings. The monoisotopic (exact) mass is 421 g/mol. The van der Waals surface area contributed by atoms with E-state index in [-0.39, 0.29) is 9.79 Å². The van der Waals surface area contributed by atoms with Crippen molar-refractivity contribution in [2.24, 2.45) is 0 Å². The number of aromatic amines is 1. The number of hydrogen-bond donors (Lipinski definition) is 1. The van der Waals surface area contributed by atoms with Crippen LogP contribution in [0.2, 0.25) is 0 Å². The fourth-order valence-electron chi connectivity index (χ4n) is 3.15. The lowest BCUT2D eigenvalue weighted by atomic mass is 10.1. The average molecular weight is 422 g/mol. The molecule has 0 unspecified atom stereocenters. The number of rotatable bonds is 6.